The van der Waals surface area contributed by atoms with E-state index >= 15 is 0 Å². The lowest BCUT2D eigenvalue weighted by Crippen LogP contribution is -2.32. The van der Waals surface area contributed by atoms with Crippen LogP contribution in [0.2, 0.25) is 10.0 Å². The van der Waals surface area contributed by atoms with E-state index in [1.165, 1.54) is 18.2 Å². The van der Waals surface area contributed by atoms with Crippen LogP contribution in [0.3, 0.4) is 0 Å². The van der Waals surface area contributed by atoms with Gasteiger partial charge in [-0.1, -0.05) is 30.1 Å². The zero-order valence-electron chi connectivity index (χ0n) is 9.70. The fraction of sp³-hybridized carbons (Fsp3) is 0.455. The summed E-state index contributed by atoms with van der Waals surface area (Å²) in [5.41, 5.74) is 0. The highest BCUT2D eigenvalue weighted by Crippen LogP contribution is 2.23. The Morgan fingerprint density at radius 2 is 1.76 bits per heavy atom. The molecular weight excluding hydrogens is 281 g/mol. The molecule has 96 valence electrons. The Morgan fingerprint density at radius 1 is 1.24 bits per heavy atom. The number of sulfone groups is 1. The molecule has 0 aliphatic rings. The Hall–Kier alpha value is -0.290. The highest BCUT2D eigenvalue weighted by atomic mass is 35.5. The summed E-state index contributed by atoms with van der Waals surface area (Å²) in [5, 5.41) is 3.62. The van der Waals surface area contributed by atoms with Crippen molar-refractivity contribution in [3.05, 3.63) is 28.2 Å². The highest BCUT2D eigenvalue weighted by Gasteiger charge is 2.20. The third kappa shape index (κ3) is 4.14. The lowest BCUT2D eigenvalue weighted by atomic mass is 10.3. The zero-order chi connectivity index (χ0) is 13.1. The summed E-state index contributed by atoms with van der Waals surface area (Å²) in [4.78, 5) is 0.170. The molecule has 1 rings (SSSR count). The second-order valence-corrected chi connectivity index (χ2v) is 6.69. The minimum absolute atomic E-state index is 0.0384. The van der Waals surface area contributed by atoms with Crippen molar-refractivity contribution in [2.45, 2.75) is 24.3 Å². The first-order valence-corrected chi connectivity index (χ1v) is 7.66. The van der Waals surface area contributed by atoms with E-state index in [0.29, 0.717) is 10.0 Å². The Morgan fingerprint density at radius 3 is 2.18 bits per heavy atom. The first-order valence-electron chi connectivity index (χ1n) is 5.25. The molecule has 0 aromatic heterocycles. The largest absolute Gasteiger partial charge is 0.316 e. The normalized spacial score (nSPS) is 13.6. The van der Waals surface area contributed by atoms with Crippen molar-refractivity contribution in [1.29, 1.82) is 0 Å². The predicted molar refractivity (Wildman–Crippen MR) is 71.7 cm³/mol. The van der Waals surface area contributed by atoms with E-state index in [-0.39, 0.29) is 16.7 Å². The Labute approximate surface area is 112 Å². The van der Waals surface area contributed by atoms with Gasteiger partial charge in [-0.3, -0.25) is 0 Å². The van der Waals surface area contributed by atoms with Gasteiger partial charge < -0.3 is 5.32 Å². The minimum atomic E-state index is -3.36. The van der Waals surface area contributed by atoms with Crippen LogP contribution < -0.4 is 5.32 Å². The van der Waals surface area contributed by atoms with E-state index in [2.05, 4.69) is 5.32 Å². The van der Waals surface area contributed by atoms with Crippen LogP contribution in [0.4, 0.5) is 0 Å². The lowest BCUT2D eigenvalue weighted by Gasteiger charge is -2.14. The Kier molecular flexibility index (Phi) is 5.25. The fourth-order valence-electron chi connectivity index (χ4n) is 1.47. The molecule has 1 aromatic rings. The Balaban J connectivity index is 3.04. The molecule has 1 unspecified atom stereocenters. The van der Waals surface area contributed by atoms with Crippen LogP contribution in [0.25, 0.3) is 0 Å². The summed E-state index contributed by atoms with van der Waals surface area (Å²) in [7, 11) is -1.62. The van der Waals surface area contributed by atoms with Gasteiger partial charge in [0.2, 0.25) is 0 Å². The molecule has 17 heavy (non-hydrogen) atoms. The van der Waals surface area contributed by atoms with Crippen molar-refractivity contribution in [2.24, 2.45) is 0 Å². The number of rotatable bonds is 5. The molecule has 0 spiro atoms. The van der Waals surface area contributed by atoms with Crippen molar-refractivity contribution in [2.75, 3.05) is 12.8 Å². The molecule has 0 saturated heterocycles. The SMILES string of the molecule is CCC(CS(=O)(=O)c1cc(Cl)cc(Cl)c1)NC. The number of benzene rings is 1. The summed E-state index contributed by atoms with van der Waals surface area (Å²) in [6.45, 7) is 1.93. The van der Waals surface area contributed by atoms with Crippen LogP contribution in [0, 0.1) is 0 Å². The van der Waals surface area contributed by atoms with Gasteiger partial charge in [-0.05, 0) is 31.7 Å². The summed E-state index contributed by atoms with van der Waals surface area (Å²) >= 11 is 11.6. The van der Waals surface area contributed by atoms with Gasteiger partial charge in [0.1, 0.15) is 0 Å². The van der Waals surface area contributed by atoms with Gasteiger partial charge in [0.05, 0.1) is 10.6 Å². The summed E-state index contributed by atoms with van der Waals surface area (Å²) in [5.74, 6) is 0.0384. The van der Waals surface area contributed by atoms with Gasteiger partial charge in [0.25, 0.3) is 0 Å². The van der Waals surface area contributed by atoms with Crippen molar-refractivity contribution < 1.29 is 8.42 Å². The molecule has 0 bridgehead atoms. The van der Waals surface area contributed by atoms with Gasteiger partial charge in [0.15, 0.2) is 9.84 Å². The van der Waals surface area contributed by atoms with Crippen molar-refractivity contribution in [3.8, 4) is 0 Å². The summed E-state index contributed by atoms with van der Waals surface area (Å²) < 4.78 is 24.2. The second-order valence-electron chi connectivity index (χ2n) is 3.78. The van der Waals surface area contributed by atoms with Crippen molar-refractivity contribution >= 4 is 33.0 Å². The van der Waals surface area contributed by atoms with Crippen molar-refractivity contribution in [1.82, 2.24) is 5.32 Å². The summed E-state index contributed by atoms with van der Waals surface area (Å²) in [6, 6.07) is 4.28. The standard InChI is InChI=1S/C11H15Cl2NO2S/c1-3-10(14-2)7-17(15,16)11-5-8(12)4-9(13)6-11/h4-6,10,14H,3,7H2,1-2H3. The van der Waals surface area contributed by atoms with Crippen LogP contribution in [-0.2, 0) is 9.84 Å². The number of halogens is 2. The molecule has 0 saturated carbocycles. The highest BCUT2D eigenvalue weighted by molar-refractivity contribution is 7.91. The maximum Gasteiger partial charge on any atom is 0.180 e. The smallest absolute Gasteiger partial charge is 0.180 e. The van der Waals surface area contributed by atoms with Gasteiger partial charge in [-0.2, -0.15) is 0 Å². The topological polar surface area (TPSA) is 46.2 Å². The van der Waals surface area contributed by atoms with Crippen LogP contribution in [0.5, 0.6) is 0 Å². The number of nitrogens with one attached hydrogen (secondary N) is 1. The van der Waals surface area contributed by atoms with Crippen LogP contribution in [0.1, 0.15) is 13.3 Å². The molecule has 1 aromatic carbocycles. The predicted octanol–water partition coefficient (Wildman–Crippen LogP) is 2.77. The average Bonchev–Trinajstić information content (AvgIpc) is 2.24. The first kappa shape index (κ1) is 14.8. The molecule has 6 heteroatoms. The lowest BCUT2D eigenvalue weighted by molar-refractivity contribution is 0.556. The monoisotopic (exact) mass is 295 g/mol. The molecular formula is C11H15Cl2NO2S. The second kappa shape index (κ2) is 6.05. The Bertz CT molecular complexity index is 464. The first-order chi connectivity index (χ1) is 7.89. The van der Waals surface area contributed by atoms with Crippen LogP contribution in [-0.4, -0.2) is 27.3 Å². The van der Waals surface area contributed by atoms with Crippen LogP contribution in [0.15, 0.2) is 23.1 Å². The molecule has 0 heterocycles. The molecule has 1 atom stereocenters. The number of hydrogen-bond donors (Lipinski definition) is 1. The zero-order valence-corrected chi connectivity index (χ0v) is 12.0. The molecule has 1 N–H and O–H groups in total. The summed E-state index contributed by atoms with van der Waals surface area (Å²) in [6.07, 6.45) is 0.740. The van der Waals surface area contributed by atoms with E-state index in [0.717, 1.165) is 6.42 Å². The average molecular weight is 296 g/mol. The van der Waals surface area contributed by atoms with Crippen molar-refractivity contribution in [3.63, 3.8) is 0 Å². The quantitative estimate of drug-likeness (QED) is 0.909. The molecule has 0 amide bonds. The maximum atomic E-state index is 12.1. The third-order valence-electron chi connectivity index (χ3n) is 2.52. The van der Waals surface area contributed by atoms with E-state index in [9.17, 15) is 8.42 Å². The van der Waals surface area contributed by atoms with Crippen LogP contribution >= 0.6 is 23.2 Å². The van der Waals surface area contributed by atoms with Gasteiger partial charge in [-0.15, -0.1) is 0 Å². The van der Waals surface area contributed by atoms with Gasteiger partial charge >= 0.3 is 0 Å². The molecule has 3 nitrogen and oxygen atoms in total. The maximum absolute atomic E-state index is 12.1. The fourth-order valence-corrected chi connectivity index (χ4v) is 3.87. The molecule has 0 fully saturated rings. The van der Waals surface area contributed by atoms with Gasteiger partial charge in [0, 0.05) is 16.1 Å². The molecule has 0 radical (unpaired) electrons. The number of hydrogen-bond acceptors (Lipinski definition) is 3. The van der Waals surface area contributed by atoms with E-state index < -0.39 is 9.84 Å². The molecule has 0 aliphatic carbocycles. The van der Waals surface area contributed by atoms with E-state index in [4.69, 9.17) is 23.2 Å². The van der Waals surface area contributed by atoms with Gasteiger partial charge in [-0.25, -0.2) is 8.42 Å². The molecule has 0 aliphatic heterocycles. The minimum Gasteiger partial charge on any atom is -0.316 e. The van der Waals surface area contributed by atoms with E-state index in [1.54, 1.807) is 7.05 Å². The third-order valence-corrected chi connectivity index (χ3v) is 4.75. The van der Waals surface area contributed by atoms with E-state index in [1.807, 2.05) is 6.92 Å².